The predicted octanol–water partition coefficient (Wildman–Crippen LogP) is 3.68. The number of aliphatic hydroxyl groups is 2. The van der Waals surface area contributed by atoms with Crippen LogP contribution in [0.15, 0.2) is 66.7 Å². The second-order valence-corrected chi connectivity index (χ2v) is 16.3. The number of nitrogens with one attached hydrogen (secondary N) is 3. The Morgan fingerprint density at radius 2 is 1.67 bits per heavy atom. The molecule has 1 heterocycles. The van der Waals surface area contributed by atoms with Crippen molar-refractivity contribution in [2.45, 2.75) is 101 Å². The number of anilines is 1. The summed E-state index contributed by atoms with van der Waals surface area (Å²) in [5.74, 6) is -1.10. The lowest BCUT2D eigenvalue weighted by Gasteiger charge is -2.34. The zero-order valence-corrected chi connectivity index (χ0v) is 32.3. The van der Waals surface area contributed by atoms with E-state index in [-0.39, 0.29) is 24.8 Å². The SMILES string of the molecule is Cc1cc(NC(=O)CCCCCN)cc(C)c1OCC(=O)N[C@@H](Cc1ccccc1)[C@H](O)C(=O)N1CSC(C)(C)[C@H]1C(=O)N[C@H]1c2ccccc2C[C@H]1O. The summed E-state index contributed by atoms with van der Waals surface area (Å²) in [4.78, 5) is 55.3. The van der Waals surface area contributed by atoms with Crippen molar-refractivity contribution in [1.29, 1.82) is 0 Å². The highest BCUT2D eigenvalue weighted by Gasteiger charge is 2.50. The quantitative estimate of drug-likeness (QED) is 0.119. The van der Waals surface area contributed by atoms with Crippen LogP contribution < -0.4 is 26.4 Å². The number of nitrogens with zero attached hydrogens (tertiary/aromatic N) is 1. The summed E-state index contributed by atoms with van der Waals surface area (Å²) in [6, 6.07) is 17.7. The predicted molar refractivity (Wildman–Crippen MR) is 210 cm³/mol. The van der Waals surface area contributed by atoms with Crippen molar-refractivity contribution < 1.29 is 34.1 Å². The van der Waals surface area contributed by atoms with E-state index in [1.54, 1.807) is 12.1 Å². The standard InChI is InChI=1S/C41H53N5O7S/c1-25-19-29(43-33(48)17-9-6-12-18-42)20-26(2)37(25)53-23-34(49)44-31(21-27-13-7-5-8-14-27)36(50)40(52)46-24-54-41(3,4)38(46)39(51)45-35-30-16-11-10-15-28(30)22-32(35)47/h5,7-8,10-11,13-16,19-20,31-32,35-36,38,47,50H,6,9,12,17-18,21-24,42H2,1-4H3,(H,43,48)(H,44,49)(H,45,51)/t31-,32+,35-,36-,38+/m0/s1. The smallest absolute Gasteiger partial charge is 0.258 e. The summed E-state index contributed by atoms with van der Waals surface area (Å²) in [6.45, 7) is 7.61. The van der Waals surface area contributed by atoms with Crippen molar-refractivity contribution in [3.8, 4) is 5.75 Å². The highest BCUT2D eigenvalue weighted by atomic mass is 32.2. The summed E-state index contributed by atoms with van der Waals surface area (Å²) in [6.07, 6.45) is 0.997. The minimum absolute atomic E-state index is 0.0853. The van der Waals surface area contributed by atoms with Gasteiger partial charge in [0.05, 0.1) is 24.1 Å². The van der Waals surface area contributed by atoms with Gasteiger partial charge in [-0.15, -0.1) is 11.8 Å². The molecule has 3 aromatic rings. The van der Waals surface area contributed by atoms with Crippen LogP contribution in [0.5, 0.6) is 5.75 Å². The van der Waals surface area contributed by atoms with E-state index in [9.17, 15) is 29.4 Å². The van der Waals surface area contributed by atoms with Gasteiger partial charge in [0.25, 0.3) is 11.8 Å². The topological polar surface area (TPSA) is 183 Å². The molecule has 0 radical (unpaired) electrons. The van der Waals surface area contributed by atoms with Crippen molar-refractivity contribution in [2.24, 2.45) is 5.73 Å². The molecular weight excluding hydrogens is 707 g/mol. The monoisotopic (exact) mass is 759 g/mol. The largest absolute Gasteiger partial charge is 0.483 e. The fraction of sp³-hybridized carbons (Fsp3) is 0.463. The fourth-order valence-corrected chi connectivity index (χ4v) is 8.45. The van der Waals surface area contributed by atoms with Gasteiger partial charge >= 0.3 is 0 Å². The average Bonchev–Trinajstić information content (AvgIpc) is 3.63. The van der Waals surface area contributed by atoms with Crippen molar-refractivity contribution in [1.82, 2.24) is 15.5 Å². The number of aryl methyl sites for hydroxylation is 2. The Labute approximate surface area is 321 Å². The molecule has 290 valence electrons. The molecule has 0 bridgehead atoms. The van der Waals surface area contributed by atoms with Crippen LogP contribution in [0.25, 0.3) is 0 Å². The van der Waals surface area contributed by atoms with Crippen LogP contribution in [0.1, 0.15) is 73.4 Å². The van der Waals surface area contributed by atoms with Crippen LogP contribution in [0.2, 0.25) is 0 Å². The van der Waals surface area contributed by atoms with Crippen molar-refractivity contribution in [2.75, 3.05) is 24.3 Å². The summed E-state index contributed by atoms with van der Waals surface area (Å²) < 4.78 is 5.25. The Bertz CT molecular complexity index is 1780. The molecule has 1 aliphatic carbocycles. The maximum absolute atomic E-state index is 14.1. The molecule has 1 aliphatic heterocycles. The molecule has 2 aliphatic rings. The molecule has 0 spiro atoms. The van der Waals surface area contributed by atoms with E-state index in [2.05, 4.69) is 16.0 Å². The molecule has 1 fully saturated rings. The number of benzene rings is 3. The van der Waals surface area contributed by atoms with E-state index in [0.717, 1.165) is 47.1 Å². The van der Waals surface area contributed by atoms with Gasteiger partial charge in [-0.2, -0.15) is 0 Å². The van der Waals surface area contributed by atoms with Crippen LogP contribution in [0.4, 0.5) is 5.69 Å². The van der Waals surface area contributed by atoms with Gasteiger partial charge in [0, 0.05) is 23.3 Å². The third-order valence-electron chi connectivity index (χ3n) is 10.1. The molecule has 7 N–H and O–H groups in total. The molecule has 0 aromatic heterocycles. The molecule has 0 saturated carbocycles. The highest BCUT2D eigenvalue weighted by Crippen LogP contribution is 2.41. The molecule has 1 saturated heterocycles. The second-order valence-electron chi connectivity index (χ2n) is 14.7. The Balaban J connectivity index is 1.26. The zero-order chi connectivity index (χ0) is 39.0. The summed E-state index contributed by atoms with van der Waals surface area (Å²) in [7, 11) is 0. The number of nitrogens with two attached hydrogens (primary N) is 1. The normalized spacial score (nSPS) is 19.8. The maximum atomic E-state index is 14.1. The number of rotatable bonds is 16. The van der Waals surface area contributed by atoms with Crippen molar-refractivity contribution in [3.05, 3.63) is 94.5 Å². The van der Waals surface area contributed by atoms with Crippen LogP contribution in [0, 0.1) is 13.8 Å². The van der Waals surface area contributed by atoms with E-state index in [4.69, 9.17) is 10.5 Å². The maximum Gasteiger partial charge on any atom is 0.258 e. The molecule has 3 aromatic carbocycles. The first-order valence-electron chi connectivity index (χ1n) is 18.5. The number of hydrogen-bond acceptors (Lipinski definition) is 9. The van der Waals surface area contributed by atoms with Crippen LogP contribution in [-0.4, -0.2) is 86.8 Å². The first-order valence-corrected chi connectivity index (χ1v) is 19.5. The van der Waals surface area contributed by atoms with Gasteiger partial charge in [-0.25, -0.2) is 0 Å². The van der Waals surface area contributed by atoms with Crippen molar-refractivity contribution >= 4 is 41.1 Å². The number of hydrogen-bond donors (Lipinski definition) is 6. The zero-order valence-electron chi connectivity index (χ0n) is 31.5. The number of thioether (sulfide) groups is 1. The molecular formula is C41H53N5O7S. The molecule has 5 rings (SSSR count). The van der Waals surface area contributed by atoms with Crippen LogP contribution >= 0.6 is 11.8 Å². The molecule has 12 nitrogen and oxygen atoms in total. The number of aliphatic hydroxyl groups excluding tert-OH is 2. The lowest BCUT2D eigenvalue weighted by atomic mass is 9.96. The number of carbonyl (C=O) groups is 4. The highest BCUT2D eigenvalue weighted by molar-refractivity contribution is 8.00. The van der Waals surface area contributed by atoms with Gasteiger partial charge in [0.2, 0.25) is 11.8 Å². The van der Waals surface area contributed by atoms with Gasteiger partial charge < -0.3 is 41.5 Å². The number of carbonyl (C=O) groups excluding carboxylic acids is 4. The number of fused-ring (bicyclic) bond motifs is 1. The van der Waals surface area contributed by atoms with Gasteiger partial charge in [0.1, 0.15) is 11.8 Å². The lowest BCUT2D eigenvalue weighted by Crippen LogP contribution is -2.59. The molecule has 5 atom stereocenters. The minimum atomic E-state index is -1.68. The van der Waals surface area contributed by atoms with Gasteiger partial charge in [-0.3, -0.25) is 19.2 Å². The Morgan fingerprint density at radius 1 is 0.981 bits per heavy atom. The Kier molecular flexibility index (Phi) is 13.8. The second kappa shape index (κ2) is 18.3. The van der Waals surface area contributed by atoms with Crippen LogP contribution in [-0.2, 0) is 32.0 Å². The minimum Gasteiger partial charge on any atom is -0.483 e. The molecule has 4 amide bonds. The van der Waals surface area contributed by atoms with Gasteiger partial charge in [0.15, 0.2) is 12.7 Å². The first kappa shape index (κ1) is 40.7. The average molecular weight is 760 g/mol. The number of unbranched alkanes of at least 4 members (excludes halogenated alkanes) is 2. The summed E-state index contributed by atoms with van der Waals surface area (Å²) >= 11 is 1.42. The van der Waals surface area contributed by atoms with E-state index >= 15 is 0 Å². The van der Waals surface area contributed by atoms with Gasteiger partial charge in [-0.1, -0.05) is 61.0 Å². The molecule has 0 unspecified atom stereocenters. The van der Waals surface area contributed by atoms with E-state index in [1.807, 2.05) is 82.3 Å². The molecule has 54 heavy (non-hydrogen) atoms. The van der Waals surface area contributed by atoms with E-state index in [1.165, 1.54) is 16.7 Å². The Hall–Kier alpha value is -4.43. The van der Waals surface area contributed by atoms with E-state index in [0.29, 0.717) is 30.8 Å². The number of amides is 4. The lowest BCUT2D eigenvalue weighted by molar-refractivity contribution is -0.148. The summed E-state index contributed by atoms with van der Waals surface area (Å²) in [5, 5.41) is 31.2. The molecule has 13 heteroatoms. The van der Waals surface area contributed by atoms with E-state index < -0.39 is 52.8 Å². The van der Waals surface area contributed by atoms with Crippen molar-refractivity contribution in [3.63, 3.8) is 0 Å². The Morgan fingerprint density at radius 3 is 2.37 bits per heavy atom. The number of ether oxygens (including phenoxy) is 1. The third kappa shape index (κ3) is 10.0. The van der Waals surface area contributed by atoms with Crippen LogP contribution in [0.3, 0.4) is 0 Å². The third-order valence-corrected chi connectivity index (χ3v) is 11.4. The first-order chi connectivity index (χ1) is 25.8. The van der Waals surface area contributed by atoms with Gasteiger partial charge in [-0.05, 0) is 93.5 Å². The summed E-state index contributed by atoms with van der Waals surface area (Å²) in [5.41, 5.74) is 10.2. The fourth-order valence-electron chi connectivity index (χ4n) is 7.31.